The highest BCUT2D eigenvalue weighted by Crippen LogP contribution is 2.31. The lowest BCUT2D eigenvalue weighted by atomic mass is 9.91. The maximum atomic E-state index is 12.7. The molecule has 0 spiro atoms. The number of sulfone groups is 1. The molecule has 0 aliphatic carbocycles. The second-order valence-electron chi connectivity index (χ2n) is 5.64. The van der Waals surface area contributed by atoms with Crippen molar-refractivity contribution in [2.24, 2.45) is 0 Å². The largest absolute Gasteiger partial charge is 0.306 e. The maximum absolute atomic E-state index is 12.7. The third kappa shape index (κ3) is 3.21. The average Bonchev–Trinajstić information content (AvgIpc) is 2.52. The lowest BCUT2D eigenvalue weighted by Gasteiger charge is -2.32. The first-order valence-corrected chi connectivity index (χ1v) is 9.32. The molecule has 2 rings (SSSR count). The molecule has 5 heteroatoms. The Balaban J connectivity index is 2.41. The molecule has 1 aromatic carbocycles. The standard InChI is InChI=1S/C15H23NO2S2/c1-3-5-8-15(4-2)11-20(17,18)14-9-13(19)7-6-12(14)10-16-15/h6-7,9,16,19H,3-5,8,10-11H2,1-2H3/t15-/m1/s1. The predicted molar refractivity (Wildman–Crippen MR) is 85.1 cm³/mol. The van der Waals surface area contributed by atoms with E-state index in [1.807, 2.05) is 12.1 Å². The Bertz CT molecular complexity index is 584. The number of benzene rings is 1. The van der Waals surface area contributed by atoms with Gasteiger partial charge in [-0.1, -0.05) is 32.8 Å². The van der Waals surface area contributed by atoms with Crippen molar-refractivity contribution in [2.45, 2.75) is 61.4 Å². The zero-order valence-corrected chi connectivity index (χ0v) is 13.9. The van der Waals surface area contributed by atoms with Gasteiger partial charge in [0.1, 0.15) is 0 Å². The van der Waals surface area contributed by atoms with E-state index in [4.69, 9.17) is 0 Å². The summed E-state index contributed by atoms with van der Waals surface area (Å²) in [4.78, 5) is 1.15. The second kappa shape index (κ2) is 6.08. The van der Waals surface area contributed by atoms with Crippen molar-refractivity contribution in [3.05, 3.63) is 23.8 Å². The summed E-state index contributed by atoms with van der Waals surface area (Å²) in [7, 11) is -3.26. The van der Waals surface area contributed by atoms with Crippen LogP contribution in [0.1, 0.15) is 45.1 Å². The van der Waals surface area contributed by atoms with Crippen LogP contribution in [0, 0.1) is 0 Å². The fourth-order valence-electron chi connectivity index (χ4n) is 2.83. The van der Waals surface area contributed by atoms with Crippen LogP contribution in [0.15, 0.2) is 28.0 Å². The molecule has 20 heavy (non-hydrogen) atoms. The molecule has 1 N–H and O–H groups in total. The molecule has 0 bridgehead atoms. The Morgan fingerprint density at radius 3 is 2.75 bits per heavy atom. The van der Waals surface area contributed by atoms with Gasteiger partial charge in [-0.3, -0.25) is 0 Å². The molecule has 0 fully saturated rings. The first kappa shape index (κ1) is 15.9. The van der Waals surface area contributed by atoms with Crippen molar-refractivity contribution in [2.75, 3.05) is 5.75 Å². The zero-order valence-electron chi connectivity index (χ0n) is 12.1. The van der Waals surface area contributed by atoms with E-state index in [2.05, 4.69) is 31.8 Å². The van der Waals surface area contributed by atoms with Gasteiger partial charge in [-0.05, 0) is 30.5 Å². The van der Waals surface area contributed by atoms with Crippen molar-refractivity contribution in [3.8, 4) is 0 Å². The molecule has 1 aliphatic rings. The van der Waals surface area contributed by atoms with Crippen LogP contribution in [-0.2, 0) is 16.4 Å². The Labute approximate surface area is 127 Å². The van der Waals surface area contributed by atoms with Crippen molar-refractivity contribution in [1.82, 2.24) is 5.32 Å². The normalized spacial score (nSPS) is 24.9. The number of thiol groups is 1. The molecule has 1 atom stereocenters. The summed E-state index contributed by atoms with van der Waals surface area (Å²) in [6.45, 7) is 4.81. The SMILES string of the molecule is CCCC[C@]1(CC)CS(=O)(=O)c2cc(S)ccc2CN1. The fourth-order valence-corrected chi connectivity index (χ4v) is 5.30. The van der Waals surface area contributed by atoms with E-state index in [9.17, 15) is 8.42 Å². The van der Waals surface area contributed by atoms with Crippen LogP contribution >= 0.6 is 12.6 Å². The quantitative estimate of drug-likeness (QED) is 0.839. The van der Waals surface area contributed by atoms with Gasteiger partial charge in [0.15, 0.2) is 9.84 Å². The van der Waals surface area contributed by atoms with Gasteiger partial charge in [0.05, 0.1) is 10.6 Å². The summed E-state index contributed by atoms with van der Waals surface area (Å²) < 4.78 is 25.4. The van der Waals surface area contributed by atoms with E-state index in [-0.39, 0.29) is 11.3 Å². The molecule has 0 saturated carbocycles. The molecule has 3 nitrogen and oxygen atoms in total. The predicted octanol–water partition coefficient (Wildman–Crippen LogP) is 3.19. The molecule has 1 heterocycles. The molecule has 0 aromatic heterocycles. The summed E-state index contributed by atoms with van der Waals surface area (Å²) in [5.41, 5.74) is 0.555. The van der Waals surface area contributed by atoms with Gasteiger partial charge < -0.3 is 5.32 Å². The first-order valence-electron chi connectivity index (χ1n) is 7.22. The third-order valence-corrected chi connectivity index (χ3v) is 6.45. The van der Waals surface area contributed by atoms with Gasteiger partial charge in [0.25, 0.3) is 0 Å². The zero-order chi connectivity index (χ0) is 14.8. The van der Waals surface area contributed by atoms with E-state index in [0.717, 1.165) is 31.2 Å². The summed E-state index contributed by atoms with van der Waals surface area (Å²) in [5.74, 6) is 0.181. The Kier molecular flexibility index (Phi) is 4.82. The van der Waals surface area contributed by atoms with Gasteiger partial charge in [-0.15, -0.1) is 12.6 Å². The minimum Gasteiger partial charge on any atom is -0.306 e. The Morgan fingerprint density at radius 2 is 2.10 bits per heavy atom. The van der Waals surface area contributed by atoms with E-state index in [0.29, 0.717) is 16.3 Å². The van der Waals surface area contributed by atoms with Crippen LogP contribution in [-0.4, -0.2) is 19.7 Å². The second-order valence-corrected chi connectivity index (χ2v) is 8.12. The highest BCUT2D eigenvalue weighted by atomic mass is 32.2. The van der Waals surface area contributed by atoms with E-state index >= 15 is 0 Å². The summed E-state index contributed by atoms with van der Waals surface area (Å²) in [6.07, 6.45) is 3.86. The van der Waals surface area contributed by atoms with Crippen LogP contribution < -0.4 is 5.32 Å². The fraction of sp³-hybridized carbons (Fsp3) is 0.600. The van der Waals surface area contributed by atoms with E-state index < -0.39 is 9.84 Å². The van der Waals surface area contributed by atoms with Gasteiger partial charge >= 0.3 is 0 Å². The molecule has 0 saturated heterocycles. The third-order valence-electron chi connectivity index (χ3n) is 4.19. The minimum absolute atomic E-state index is 0.181. The monoisotopic (exact) mass is 313 g/mol. The summed E-state index contributed by atoms with van der Waals surface area (Å²) >= 11 is 4.27. The first-order chi connectivity index (χ1) is 9.42. The van der Waals surface area contributed by atoms with Crippen LogP contribution in [0.4, 0.5) is 0 Å². The molecule has 1 aromatic rings. The maximum Gasteiger partial charge on any atom is 0.180 e. The van der Waals surface area contributed by atoms with E-state index in [1.165, 1.54) is 0 Å². The van der Waals surface area contributed by atoms with Gasteiger partial charge in [0, 0.05) is 17.0 Å². The number of fused-ring (bicyclic) bond motifs is 1. The van der Waals surface area contributed by atoms with Crippen LogP contribution in [0.3, 0.4) is 0 Å². The van der Waals surface area contributed by atoms with Crippen molar-refractivity contribution < 1.29 is 8.42 Å². The highest BCUT2D eigenvalue weighted by molar-refractivity contribution is 7.91. The molecule has 0 radical (unpaired) electrons. The molecule has 112 valence electrons. The number of nitrogens with one attached hydrogen (secondary N) is 1. The van der Waals surface area contributed by atoms with Crippen LogP contribution in [0.5, 0.6) is 0 Å². The Morgan fingerprint density at radius 1 is 1.35 bits per heavy atom. The number of hydrogen-bond acceptors (Lipinski definition) is 4. The number of hydrogen-bond donors (Lipinski definition) is 2. The van der Waals surface area contributed by atoms with Crippen LogP contribution in [0.2, 0.25) is 0 Å². The lowest BCUT2D eigenvalue weighted by molar-refractivity contribution is 0.313. The molecule has 1 aliphatic heterocycles. The van der Waals surface area contributed by atoms with Crippen molar-refractivity contribution in [3.63, 3.8) is 0 Å². The molecular weight excluding hydrogens is 290 g/mol. The van der Waals surface area contributed by atoms with Crippen LogP contribution in [0.25, 0.3) is 0 Å². The summed E-state index contributed by atoms with van der Waals surface area (Å²) in [5, 5.41) is 3.51. The highest BCUT2D eigenvalue weighted by Gasteiger charge is 2.37. The average molecular weight is 313 g/mol. The van der Waals surface area contributed by atoms with Gasteiger partial charge in [0.2, 0.25) is 0 Å². The van der Waals surface area contributed by atoms with Crippen molar-refractivity contribution in [1.29, 1.82) is 0 Å². The van der Waals surface area contributed by atoms with E-state index in [1.54, 1.807) is 6.07 Å². The number of rotatable bonds is 4. The number of unbranched alkanes of at least 4 members (excludes halogenated alkanes) is 1. The lowest BCUT2D eigenvalue weighted by Crippen LogP contribution is -2.48. The molecule has 0 amide bonds. The minimum atomic E-state index is -3.26. The van der Waals surface area contributed by atoms with Gasteiger partial charge in [-0.2, -0.15) is 0 Å². The topological polar surface area (TPSA) is 46.2 Å². The molecular formula is C15H23NO2S2. The Hall–Kier alpha value is -0.520. The smallest absolute Gasteiger partial charge is 0.180 e. The van der Waals surface area contributed by atoms with Gasteiger partial charge in [-0.25, -0.2) is 8.42 Å². The molecule has 0 unspecified atom stereocenters. The summed E-state index contributed by atoms with van der Waals surface area (Å²) in [6, 6.07) is 5.40. The van der Waals surface area contributed by atoms with Crippen molar-refractivity contribution >= 4 is 22.5 Å².